The van der Waals surface area contributed by atoms with Crippen molar-refractivity contribution in [1.82, 2.24) is 19.9 Å². The van der Waals surface area contributed by atoms with E-state index in [0.29, 0.717) is 16.3 Å². The Bertz CT molecular complexity index is 771. The van der Waals surface area contributed by atoms with Gasteiger partial charge in [-0.2, -0.15) is 5.10 Å². The van der Waals surface area contributed by atoms with Crippen molar-refractivity contribution < 1.29 is 9.63 Å². The van der Waals surface area contributed by atoms with E-state index in [1.54, 1.807) is 31.2 Å². The Kier molecular flexibility index (Phi) is 3.90. The maximum absolute atomic E-state index is 11.3. The third-order valence-corrected chi connectivity index (χ3v) is 4.06. The molecule has 0 spiro atoms. The summed E-state index contributed by atoms with van der Waals surface area (Å²) in [5, 5.41) is 20.1. The molecule has 22 heavy (non-hydrogen) atoms. The zero-order valence-corrected chi connectivity index (χ0v) is 13.1. The van der Waals surface area contributed by atoms with Crippen molar-refractivity contribution in [1.29, 1.82) is 0 Å². The minimum Gasteiger partial charge on any atom is -0.377 e. The first-order chi connectivity index (χ1) is 10.5. The van der Waals surface area contributed by atoms with Gasteiger partial charge in [-0.1, -0.05) is 40.5 Å². The number of aryl methyl sites for hydroxylation is 1. The number of aromatic nitrogens is 4. The molecule has 0 fully saturated rings. The van der Waals surface area contributed by atoms with Crippen LogP contribution in [-0.4, -0.2) is 25.0 Å². The average molecular weight is 339 g/mol. The molecule has 1 N–H and O–H groups in total. The lowest BCUT2D eigenvalue weighted by Gasteiger charge is -2.26. The first kappa shape index (κ1) is 15.0. The molecule has 0 bridgehead atoms. The highest BCUT2D eigenvalue weighted by molar-refractivity contribution is 6.32. The third kappa shape index (κ3) is 2.61. The van der Waals surface area contributed by atoms with E-state index in [4.69, 9.17) is 27.7 Å². The number of hydrogen-bond donors (Lipinski definition) is 1. The van der Waals surface area contributed by atoms with Crippen LogP contribution in [0.5, 0.6) is 0 Å². The van der Waals surface area contributed by atoms with Crippen molar-refractivity contribution in [2.24, 2.45) is 0 Å². The van der Waals surface area contributed by atoms with Crippen LogP contribution in [0.4, 0.5) is 0 Å². The second-order valence-electron chi connectivity index (χ2n) is 4.86. The largest absolute Gasteiger partial charge is 0.377 e. The first-order valence-corrected chi connectivity index (χ1v) is 7.19. The van der Waals surface area contributed by atoms with Gasteiger partial charge in [0, 0.05) is 5.02 Å². The van der Waals surface area contributed by atoms with Crippen molar-refractivity contribution in [2.45, 2.75) is 19.1 Å². The molecule has 0 aliphatic rings. The summed E-state index contributed by atoms with van der Waals surface area (Å²) >= 11 is 12.1. The summed E-state index contributed by atoms with van der Waals surface area (Å²) in [5.74, 6) is 0.433. The minimum atomic E-state index is -1.52. The van der Waals surface area contributed by atoms with Gasteiger partial charge < -0.3 is 9.63 Å². The van der Waals surface area contributed by atoms with Crippen LogP contribution in [0.15, 0.2) is 41.4 Å². The van der Waals surface area contributed by atoms with Crippen LogP contribution in [0.2, 0.25) is 10.0 Å². The van der Waals surface area contributed by atoms with Gasteiger partial charge in [0.15, 0.2) is 11.4 Å². The van der Waals surface area contributed by atoms with Gasteiger partial charge in [-0.15, -0.1) is 0 Å². The molecule has 1 atom stereocenters. The molecular formula is C14H12Cl2N4O2. The predicted molar refractivity (Wildman–Crippen MR) is 80.7 cm³/mol. The van der Waals surface area contributed by atoms with E-state index in [0.717, 1.165) is 0 Å². The Labute approximate surface area is 136 Å². The molecule has 0 amide bonds. The predicted octanol–water partition coefficient (Wildman–Crippen LogP) is 2.82. The lowest BCUT2D eigenvalue weighted by Crippen LogP contribution is -2.34. The Hall–Kier alpha value is -1.89. The maximum Gasteiger partial charge on any atom is 0.156 e. The molecule has 114 valence electrons. The van der Waals surface area contributed by atoms with E-state index < -0.39 is 5.60 Å². The Balaban J connectivity index is 2.12. The maximum atomic E-state index is 11.3. The molecule has 2 aromatic heterocycles. The van der Waals surface area contributed by atoms with Crippen molar-refractivity contribution in [3.63, 3.8) is 0 Å². The fourth-order valence-electron chi connectivity index (χ4n) is 2.20. The minimum absolute atomic E-state index is 0.0837. The van der Waals surface area contributed by atoms with Gasteiger partial charge in [0.25, 0.3) is 0 Å². The molecule has 0 saturated heterocycles. The molecule has 0 saturated carbocycles. The van der Waals surface area contributed by atoms with Gasteiger partial charge in [0.1, 0.15) is 23.4 Å². The molecule has 1 aromatic carbocycles. The Morgan fingerprint density at radius 2 is 2.00 bits per heavy atom. The summed E-state index contributed by atoms with van der Waals surface area (Å²) in [6, 6.07) is 6.79. The fraction of sp³-hybridized carbons (Fsp3) is 0.214. The topological polar surface area (TPSA) is 77.0 Å². The van der Waals surface area contributed by atoms with E-state index in [-0.39, 0.29) is 17.3 Å². The normalized spacial score (nSPS) is 14.0. The summed E-state index contributed by atoms with van der Waals surface area (Å²) in [4.78, 5) is 3.88. The van der Waals surface area contributed by atoms with E-state index in [1.165, 1.54) is 17.3 Å². The molecule has 3 rings (SSSR count). The van der Waals surface area contributed by atoms with E-state index in [1.807, 2.05) is 0 Å². The van der Waals surface area contributed by atoms with Crippen LogP contribution in [0.3, 0.4) is 0 Å². The van der Waals surface area contributed by atoms with Crippen LogP contribution in [-0.2, 0) is 12.1 Å². The van der Waals surface area contributed by atoms with Gasteiger partial charge >= 0.3 is 0 Å². The van der Waals surface area contributed by atoms with Gasteiger partial charge in [-0.25, -0.2) is 9.67 Å². The number of aliphatic hydroxyl groups is 1. The molecule has 0 aliphatic heterocycles. The highest BCUT2D eigenvalue weighted by atomic mass is 35.5. The number of nitrogens with zero attached hydrogens (tertiary/aromatic N) is 4. The highest BCUT2D eigenvalue weighted by Gasteiger charge is 2.38. The second-order valence-corrected chi connectivity index (χ2v) is 5.68. The van der Waals surface area contributed by atoms with Gasteiger partial charge in [-0.05, 0) is 24.6 Å². The monoisotopic (exact) mass is 338 g/mol. The van der Waals surface area contributed by atoms with Crippen molar-refractivity contribution in [3.8, 4) is 0 Å². The van der Waals surface area contributed by atoms with E-state index in [2.05, 4.69) is 15.2 Å². The molecule has 0 aliphatic carbocycles. The van der Waals surface area contributed by atoms with Crippen molar-refractivity contribution in [3.05, 3.63) is 64.0 Å². The Morgan fingerprint density at radius 1 is 1.27 bits per heavy atom. The first-order valence-electron chi connectivity index (χ1n) is 6.44. The summed E-state index contributed by atoms with van der Waals surface area (Å²) < 4.78 is 6.59. The standard InChI is InChI=1S/C14H12Cl2N4O2/c1-9-12(16)13(19-22-9)14(21,6-20-8-17-7-18-20)10-2-4-11(15)5-3-10/h2-5,7-8,21H,6H2,1H3. The summed E-state index contributed by atoms with van der Waals surface area (Å²) in [6.45, 7) is 1.76. The molecule has 0 radical (unpaired) electrons. The lowest BCUT2D eigenvalue weighted by molar-refractivity contribution is 0.0496. The number of rotatable bonds is 4. The third-order valence-electron chi connectivity index (χ3n) is 3.36. The number of hydrogen-bond acceptors (Lipinski definition) is 5. The van der Waals surface area contributed by atoms with E-state index in [9.17, 15) is 5.11 Å². The quantitative estimate of drug-likeness (QED) is 0.791. The average Bonchev–Trinajstić information content (AvgIpc) is 3.11. The van der Waals surface area contributed by atoms with Crippen molar-refractivity contribution in [2.75, 3.05) is 0 Å². The van der Waals surface area contributed by atoms with Crippen LogP contribution in [0.25, 0.3) is 0 Å². The zero-order valence-electron chi connectivity index (χ0n) is 11.6. The highest BCUT2D eigenvalue weighted by Crippen LogP contribution is 2.36. The summed E-state index contributed by atoms with van der Waals surface area (Å²) in [5.41, 5.74) is -0.722. The van der Waals surface area contributed by atoms with Crippen molar-refractivity contribution >= 4 is 23.2 Å². The second kappa shape index (κ2) is 5.72. The van der Waals surface area contributed by atoms with Gasteiger partial charge in [-0.3, -0.25) is 0 Å². The smallest absolute Gasteiger partial charge is 0.156 e. The number of halogens is 2. The molecule has 3 aromatic rings. The Morgan fingerprint density at radius 3 is 2.55 bits per heavy atom. The van der Waals surface area contributed by atoms with Crippen LogP contribution < -0.4 is 0 Å². The summed E-state index contributed by atoms with van der Waals surface area (Å²) in [6.07, 6.45) is 2.89. The van der Waals surface area contributed by atoms with Crippen LogP contribution >= 0.6 is 23.2 Å². The fourth-order valence-corrected chi connectivity index (χ4v) is 2.55. The van der Waals surface area contributed by atoms with E-state index >= 15 is 0 Å². The molecule has 2 heterocycles. The number of benzene rings is 1. The molecule has 6 nitrogen and oxygen atoms in total. The van der Waals surface area contributed by atoms with Gasteiger partial charge in [0.2, 0.25) is 0 Å². The summed E-state index contributed by atoms with van der Waals surface area (Å²) in [7, 11) is 0. The molecule has 8 heteroatoms. The van der Waals surface area contributed by atoms with Crippen LogP contribution in [0, 0.1) is 6.92 Å². The zero-order chi connectivity index (χ0) is 15.7. The molecular weight excluding hydrogens is 327 g/mol. The van der Waals surface area contributed by atoms with Gasteiger partial charge in [0.05, 0.1) is 6.54 Å². The SMILES string of the molecule is Cc1onc(C(O)(Cn2cncn2)c2ccc(Cl)cc2)c1Cl. The van der Waals surface area contributed by atoms with Crippen LogP contribution in [0.1, 0.15) is 17.0 Å². The molecule has 1 unspecified atom stereocenters. The lowest BCUT2D eigenvalue weighted by atomic mass is 9.90.